The van der Waals surface area contributed by atoms with Crippen molar-refractivity contribution in [1.29, 1.82) is 0 Å². The van der Waals surface area contributed by atoms with Gasteiger partial charge < -0.3 is 10.2 Å². The third-order valence-corrected chi connectivity index (χ3v) is 5.29. The van der Waals surface area contributed by atoms with Crippen molar-refractivity contribution in [1.82, 2.24) is 10.4 Å². The van der Waals surface area contributed by atoms with E-state index in [-0.39, 0.29) is 31.2 Å². The summed E-state index contributed by atoms with van der Waals surface area (Å²) in [5.74, 6) is -2.10. The van der Waals surface area contributed by atoms with E-state index in [9.17, 15) is 19.2 Å². The molecular weight excluding hydrogens is 372 g/mol. The highest BCUT2D eigenvalue weighted by molar-refractivity contribution is 6.01. The molecular formula is C22H38N2O5. The molecule has 0 saturated carbocycles. The SMILES string of the molecule is CCCCCCCCC(CCCCCC)C(=O)NCC(=O)ON1C(=O)CCC1=O. The second kappa shape index (κ2) is 15.0. The van der Waals surface area contributed by atoms with E-state index in [0.717, 1.165) is 51.4 Å². The van der Waals surface area contributed by atoms with Crippen molar-refractivity contribution in [3.05, 3.63) is 0 Å². The number of carbonyl (C=O) groups is 4. The number of hydroxylamine groups is 2. The fraction of sp³-hybridized carbons (Fsp3) is 0.818. The second-order valence-electron chi connectivity index (χ2n) is 7.87. The van der Waals surface area contributed by atoms with Gasteiger partial charge in [-0.25, -0.2) is 4.79 Å². The van der Waals surface area contributed by atoms with Gasteiger partial charge in [0.25, 0.3) is 11.8 Å². The molecule has 1 aliphatic heterocycles. The number of rotatable bonds is 16. The van der Waals surface area contributed by atoms with Crippen LogP contribution in [0.2, 0.25) is 0 Å². The summed E-state index contributed by atoms with van der Waals surface area (Å²) in [7, 11) is 0. The van der Waals surface area contributed by atoms with Crippen LogP contribution < -0.4 is 5.32 Å². The normalized spacial score (nSPS) is 14.9. The first-order chi connectivity index (χ1) is 14.0. The molecule has 29 heavy (non-hydrogen) atoms. The van der Waals surface area contributed by atoms with Crippen molar-refractivity contribution in [3.8, 4) is 0 Å². The summed E-state index contributed by atoms with van der Waals surface area (Å²) in [6.07, 6.45) is 13.2. The van der Waals surface area contributed by atoms with Crippen LogP contribution in [0.4, 0.5) is 0 Å². The molecule has 1 fully saturated rings. The van der Waals surface area contributed by atoms with Crippen LogP contribution in [-0.2, 0) is 24.0 Å². The summed E-state index contributed by atoms with van der Waals surface area (Å²) in [5.41, 5.74) is 0. The minimum Gasteiger partial charge on any atom is -0.345 e. The van der Waals surface area contributed by atoms with Crippen molar-refractivity contribution < 1.29 is 24.0 Å². The van der Waals surface area contributed by atoms with Crippen LogP contribution in [0.3, 0.4) is 0 Å². The molecule has 166 valence electrons. The number of unbranched alkanes of at least 4 members (excludes halogenated alkanes) is 8. The summed E-state index contributed by atoms with van der Waals surface area (Å²) in [6.45, 7) is 4.01. The van der Waals surface area contributed by atoms with Gasteiger partial charge in [-0.15, -0.1) is 5.06 Å². The van der Waals surface area contributed by atoms with Crippen molar-refractivity contribution in [2.24, 2.45) is 5.92 Å². The topological polar surface area (TPSA) is 92.8 Å². The molecule has 1 N–H and O–H groups in total. The molecule has 7 heteroatoms. The van der Waals surface area contributed by atoms with Crippen LogP contribution in [0.25, 0.3) is 0 Å². The van der Waals surface area contributed by atoms with Gasteiger partial charge in [-0.1, -0.05) is 78.1 Å². The van der Waals surface area contributed by atoms with E-state index in [2.05, 4.69) is 19.2 Å². The van der Waals surface area contributed by atoms with Crippen LogP contribution >= 0.6 is 0 Å². The number of carbonyl (C=O) groups excluding carboxylic acids is 4. The summed E-state index contributed by atoms with van der Waals surface area (Å²) in [5, 5.41) is 3.13. The summed E-state index contributed by atoms with van der Waals surface area (Å²) in [4.78, 5) is 52.2. The summed E-state index contributed by atoms with van der Waals surface area (Å²) < 4.78 is 0. The molecule has 0 aliphatic carbocycles. The highest BCUT2D eigenvalue weighted by Crippen LogP contribution is 2.19. The summed E-state index contributed by atoms with van der Waals surface area (Å²) in [6, 6.07) is 0. The average Bonchev–Trinajstić information content (AvgIpc) is 3.02. The average molecular weight is 411 g/mol. The number of amides is 3. The van der Waals surface area contributed by atoms with Gasteiger partial charge in [-0.05, 0) is 12.8 Å². The predicted molar refractivity (Wildman–Crippen MR) is 110 cm³/mol. The van der Waals surface area contributed by atoms with E-state index < -0.39 is 17.8 Å². The van der Waals surface area contributed by atoms with Gasteiger partial charge in [0.2, 0.25) is 5.91 Å². The van der Waals surface area contributed by atoms with Gasteiger partial charge in [-0.3, -0.25) is 14.4 Å². The first kappa shape index (κ1) is 25.1. The van der Waals surface area contributed by atoms with Gasteiger partial charge in [0.1, 0.15) is 6.54 Å². The Kier molecular flexibility index (Phi) is 13.0. The molecule has 1 heterocycles. The monoisotopic (exact) mass is 410 g/mol. The van der Waals surface area contributed by atoms with Crippen molar-refractivity contribution in [2.45, 2.75) is 104 Å². The highest BCUT2D eigenvalue weighted by Gasteiger charge is 2.33. The maximum atomic E-state index is 12.6. The molecule has 0 radical (unpaired) electrons. The fourth-order valence-corrected chi connectivity index (χ4v) is 3.49. The Morgan fingerprint density at radius 3 is 1.90 bits per heavy atom. The lowest BCUT2D eigenvalue weighted by Gasteiger charge is -2.17. The van der Waals surface area contributed by atoms with E-state index in [1.807, 2.05) is 0 Å². The van der Waals surface area contributed by atoms with Gasteiger partial charge in [0.05, 0.1) is 0 Å². The third kappa shape index (κ3) is 10.4. The first-order valence-corrected chi connectivity index (χ1v) is 11.3. The van der Waals surface area contributed by atoms with Gasteiger partial charge >= 0.3 is 5.97 Å². The Labute approximate surface area is 174 Å². The Hall–Kier alpha value is -1.92. The zero-order valence-corrected chi connectivity index (χ0v) is 18.2. The Morgan fingerprint density at radius 1 is 0.862 bits per heavy atom. The molecule has 1 atom stereocenters. The highest BCUT2D eigenvalue weighted by atomic mass is 16.7. The van der Waals surface area contributed by atoms with Crippen LogP contribution in [-0.4, -0.2) is 35.3 Å². The maximum absolute atomic E-state index is 12.6. The lowest BCUT2D eigenvalue weighted by Crippen LogP contribution is -2.39. The molecule has 0 aromatic heterocycles. The number of imide groups is 1. The molecule has 1 aliphatic rings. The Balaban J connectivity index is 2.39. The number of nitrogens with one attached hydrogen (secondary N) is 1. The molecule has 0 aromatic rings. The molecule has 0 aromatic carbocycles. The Bertz CT molecular complexity index is 519. The minimum atomic E-state index is -0.800. The van der Waals surface area contributed by atoms with E-state index in [1.54, 1.807) is 0 Å². The standard InChI is InChI=1S/C22H38N2O5/c1-3-5-7-9-10-12-14-18(13-11-8-6-4-2)22(28)23-17-21(27)29-24-19(25)15-16-20(24)26/h18H,3-17H2,1-2H3,(H,23,28). The number of hydrogen-bond acceptors (Lipinski definition) is 5. The zero-order chi connectivity index (χ0) is 21.5. The fourth-order valence-electron chi connectivity index (χ4n) is 3.49. The van der Waals surface area contributed by atoms with Crippen LogP contribution in [0.1, 0.15) is 104 Å². The van der Waals surface area contributed by atoms with E-state index >= 15 is 0 Å². The number of nitrogens with zero attached hydrogens (tertiary/aromatic N) is 1. The molecule has 1 rings (SSSR count). The third-order valence-electron chi connectivity index (χ3n) is 5.29. The van der Waals surface area contributed by atoms with Gasteiger partial charge in [-0.2, -0.15) is 0 Å². The van der Waals surface area contributed by atoms with Crippen molar-refractivity contribution in [3.63, 3.8) is 0 Å². The molecule has 0 bridgehead atoms. The van der Waals surface area contributed by atoms with Gasteiger partial charge in [0.15, 0.2) is 0 Å². The lowest BCUT2D eigenvalue weighted by molar-refractivity contribution is -0.196. The summed E-state index contributed by atoms with van der Waals surface area (Å²) >= 11 is 0. The molecule has 1 saturated heterocycles. The van der Waals surface area contributed by atoms with Crippen molar-refractivity contribution >= 4 is 23.7 Å². The Morgan fingerprint density at radius 2 is 1.34 bits per heavy atom. The quantitative estimate of drug-likeness (QED) is 0.306. The lowest BCUT2D eigenvalue weighted by atomic mass is 9.93. The van der Waals surface area contributed by atoms with Crippen LogP contribution in [0.15, 0.2) is 0 Å². The van der Waals surface area contributed by atoms with Gasteiger partial charge in [0, 0.05) is 18.8 Å². The number of hydrogen-bond donors (Lipinski definition) is 1. The zero-order valence-electron chi connectivity index (χ0n) is 18.2. The smallest absolute Gasteiger partial charge is 0.345 e. The van der Waals surface area contributed by atoms with E-state index in [4.69, 9.17) is 4.84 Å². The maximum Gasteiger partial charge on any atom is 0.352 e. The largest absolute Gasteiger partial charge is 0.352 e. The second-order valence-corrected chi connectivity index (χ2v) is 7.87. The minimum absolute atomic E-state index is 0.0521. The van der Waals surface area contributed by atoms with Crippen LogP contribution in [0.5, 0.6) is 0 Å². The van der Waals surface area contributed by atoms with E-state index in [1.165, 1.54) is 25.7 Å². The molecule has 0 spiro atoms. The van der Waals surface area contributed by atoms with E-state index in [0.29, 0.717) is 5.06 Å². The molecule has 3 amide bonds. The van der Waals surface area contributed by atoms with Crippen molar-refractivity contribution in [2.75, 3.05) is 6.54 Å². The predicted octanol–water partition coefficient (Wildman–Crippen LogP) is 4.05. The first-order valence-electron chi connectivity index (χ1n) is 11.3. The molecule has 1 unspecified atom stereocenters. The van der Waals surface area contributed by atoms with Crippen LogP contribution in [0, 0.1) is 5.92 Å². The molecule has 7 nitrogen and oxygen atoms in total.